The average Bonchev–Trinajstić information content (AvgIpc) is 1.97. The highest BCUT2D eigenvalue weighted by atomic mass is 14.4. The molecule has 0 amide bonds. The van der Waals surface area contributed by atoms with Gasteiger partial charge in [-0.1, -0.05) is 27.7 Å². The molecule has 0 nitrogen and oxygen atoms in total. The first-order valence-corrected chi connectivity index (χ1v) is 4.04. The average molecular weight is 126 g/mol. The molecule has 0 spiro atoms. The predicted molar refractivity (Wildman–Crippen MR) is 41.3 cm³/mol. The zero-order valence-electron chi connectivity index (χ0n) is 7.07. The van der Waals surface area contributed by atoms with Crippen LogP contribution in [0, 0.1) is 17.3 Å². The van der Waals surface area contributed by atoms with E-state index in [9.17, 15) is 0 Å². The van der Waals surface area contributed by atoms with Crippen LogP contribution < -0.4 is 0 Å². The smallest absolute Gasteiger partial charge is 0.0326 e. The molecule has 0 unspecified atom stereocenters. The summed E-state index contributed by atoms with van der Waals surface area (Å²) in [4.78, 5) is 0. The molecule has 1 saturated carbocycles. The summed E-state index contributed by atoms with van der Waals surface area (Å²) >= 11 is 0. The van der Waals surface area contributed by atoms with E-state index in [1.54, 1.807) is 0 Å². The Labute approximate surface area is 58.7 Å². The monoisotopic (exact) mass is 126 g/mol. The van der Waals surface area contributed by atoms with Gasteiger partial charge in [-0.2, -0.15) is 0 Å². The van der Waals surface area contributed by atoms with Gasteiger partial charge in [-0.25, -0.2) is 0 Å². The second kappa shape index (κ2) is 2.00. The third-order valence-corrected chi connectivity index (χ3v) is 3.33. The van der Waals surface area contributed by atoms with Gasteiger partial charge in [0.1, 0.15) is 0 Å². The van der Waals surface area contributed by atoms with Gasteiger partial charge in [0.25, 0.3) is 0 Å². The fraction of sp³-hybridized carbons (Fsp3) is 1.00. The summed E-state index contributed by atoms with van der Waals surface area (Å²) < 4.78 is 0. The Morgan fingerprint density at radius 1 is 1.22 bits per heavy atom. The first-order chi connectivity index (χ1) is 4.04. The molecule has 2 atom stereocenters. The lowest BCUT2D eigenvalue weighted by Gasteiger charge is -2.25. The molecule has 1 rings (SSSR count). The Hall–Kier alpha value is 0. The number of rotatable bonds is 0. The van der Waals surface area contributed by atoms with Crippen LogP contribution in [0.4, 0.5) is 0 Å². The lowest BCUT2D eigenvalue weighted by atomic mass is 9.81. The van der Waals surface area contributed by atoms with Gasteiger partial charge in [0.15, 0.2) is 0 Å². The third kappa shape index (κ3) is 1.12. The molecule has 0 heteroatoms. The van der Waals surface area contributed by atoms with E-state index in [0.717, 1.165) is 11.8 Å². The summed E-state index contributed by atoms with van der Waals surface area (Å²) in [6, 6.07) is 0. The van der Waals surface area contributed by atoms with Gasteiger partial charge in [-0.15, -0.1) is 0 Å². The highest BCUT2D eigenvalue weighted by Crippen LogP contribution is 2.45. The second-order valence-corrected chi connectivity index (χ2v) is 4.29. The van der Waals surface area contributed by atoms with E-state index in [1.165, 1.54) is 12.8 Å². The van der Waals surface area contributed by atoms with Crippen molar-refractivity contribution in [3.8, 4) is 0 Å². The summed E-state index contributed by atoms with van der Waals surface area (Å²) in [6.07, 6.45) is 2.86. The molecule has 1 aliphatic rings. The zero-order valence-corrected chi connectivity index (χ0v) is 7.07. The molecule has 1 fully saturated rings. The van der Waals surface area contributed by atoms with Crippen LogP contribution in [-0.4, -0.2) is 0 Å². The minimum atomic E-state index is 0.624. The van der Waals surface area contributed by atoms with Crippen LogP contribution in [0.15, 0.2) is 0 Å². The lowest BCUT2D eigenvalue weighted by Crippen LogP contribution is -2.17. The predicted octanol–water partition coefficient (Wildman–Crippen LogP) is 3.08. The molecule has 0 heterocycles. The van der Waals surface area contributed by atoms with Crippen LogP contribution >= 0.6 is 0 Å². The van der Waals surface area contributed by atoms with Crippen molar-refractivity contribution < 1.29 is 0 Å². The van der Waals surface area contributed by atoms with E-state index < -0.39 is 0 Å². The minimum Gasteiger partial charge on any atom is -0.0622 e. The molecule has 0 aromatic carbocycles. The number of hydrogen-bond acceptors (Lipinski definition) is 0. The van der Waals surface area contributed by atoms with E-state index in [1.807, 2.05) is 0 Å². The van der Waals surface area contributed by atoms with E-state index in [4.69, 9.17) is 0 Å². The van der Waals surface area contributed by atoms with E-state index in [2.05, 4.69) is 27.7 Å². The standard InChI is InChI=1S/C9H18/c1-7-5-6-9(3,4)8(7)2/h7-8H,5-6H2,1-4H3/t7-,8-/m1/s1. The molecule has 0 bridgehead atoms. The molecule has 0 N–H and O–H groups in total. The van der Waals surface area contributed by atoms with E-state index in [0.29, 0.717) is 5.41 Å². The van der Waals surface area contributed by atoms with Crippen molar-refractivity contribution in [3.05, 3.63) is 0 Å². The maximum Gasteiger partial charge on any atom is -0.0326 e. The summed E-state index contributed by atoms with van der Waals surface area (Å²) in [5.74, 6) is 1.89. The van der Waals surface area contributed by atoms with Crippen molar-refractivity contribution in [2.24, 2.45) is 17.3 Å². The molecule has 0 aromatic rings. The Morgan fingerprint density at radius 2 is 1.78 bits per heavy atom. The maximum atomic E-state index is 2.39. The molecular weight excluding hydrogens is 108 g/mol. The van der Waals surface area contributed by atoms with Gasteiger partial charge in [0, 0.05) is 0 Å². The summed E-state index contributed by atoms with van der Waals surface area (Å²) in [5, 5.41) is 0. The summed E-state index contributed by atoms with van der Waals surface area (Å²) in [6.45, 7) is 9.54. The van der Waals surface area contributed by atoms with Gasteiger partial charge in [0.05, 0.1) is 0 Å². The summed E-state index contributed by atoms with van der Waals surface area (Å²) in [5.41, 5.74) is 0.624. The SMILES string of the molecule is C[C@@H]1CCC(C)(C)[C@@H]1C. The van der Waals surface area contributed by atoms with Crippen LogP contribution in [0.5, 0.6) is 0 Å². The highest BCUT2D eigenvalue weighted by molar-refractivity contribution is 4.85. The maximum absolute atomic E-state index is 2.39. The van der Waals surface area contributed by atoms with Crippen molar-refractivity contribution in [1.82, 2.24) is 0 Å². The molecule has 54 valence electrons. The second-order valence-electron chi connectivity index (χ2n) is 4.29. The lowest BCUT2D eigenvalue weighted by molar-refractivity contribution is 0.248. The van der Waals surface area contributed by atoms with Gasteiger partial charge in [-0.3, -0.25) is 0 Å². The van der Waals surface area contributed by atoms with Crippen LogP contribution in [0.2, 0.25) is 0 Å². The Kier molecular flexibility index (Phi) is 1.58. The van der Waals surface area contributed by atoms with E-state index >= 15 is 0 Å². The van der Waals surface area contributed by atoms with Crippen LogP contribution in [0.25, 0.3) is 0 Å². The molecule has 0 radical (unpaired) electrons. The third-order valence-electron chi connectivity index (χ3n) is 3.33. The van der Waals surface area contributed by atoms with Gasteiger partial charge in [0.2, 0.25) is 0 Å². The van der Waals surface area contributed by atoms with Gasteiger partial charge >= 0.3 is 0 Å². The van der Waals surface area contributed by atoms with Crippen molar-refractivity contribution in [2.45, 2.75) is 40.5 Å². The molecule has 0 saturated heterocycles. The number of hydrogen-bond donors (Lipinski definition) is 0. The molecule has 0 aromatic heterocycles. The normalized spacial score (nSPS) is 41.3. The topological polar surface area (TPSA) is 0 Å². The molecule has 0 aliphatic heterocycles. The first-order valence-electron chi connectivity index (χ1n) is 4.04. The van der Waals surface area contributed by atoms with Gasteiger partial charge in [-0.05, 0) is 30.1 Å². The highest BCUT2D eigenvalue weighted by Gasteiger charge is 2.35. The first kappa shape index (κ1) is 7.11. The Bertz CT molecular complexity index is 103. The largest absolute Gasteiger partial charge is 0.0622 e. The Morgan fingerprint density at radius 3 is 1.89 bits per heavy atom. The van der Waals surface area contributed by atoms with Crippen LogP contribution in [-0.2, 0) is 0 Å². The van der Waals surface area contributed by atoms with E-state index in [-0.39, 0.29) is 0 Å². The Balaban J connectivity index is 2.62. The fourth-order valence-corrected chi connectivity index (χ4v) is 1.85. The van der Waals surface area contributed by atoms with Crippen molar-refractivity contribution in [1.29, 1.82) is 0 Å². The van der Waals surface area contributed by atoms with Crippen LogP contribution in [0.1, 0.15) is 40.5 Å². The van der Waals surface area contributed by atoms with Gasteiger partial charge < -0.3 is 0 Å². The zero-order chi connectivity index (χ0) is 7.07. The van der Waals surface area contributed by atoms with Crippen molar-refractivity contribution in [2.75, 3.05) is 0 Å². The molecule has 1 aliphatic carbocycles. The molecular formula is C9H18. The van der Waals surface area contributed by atoms with Crippen molar-refractivity contribution >= 4 is 0 Å². The van der Waals surface area contributed by atoms with Crippen molar-refractivity contribution in [3.63, 3.8) is 0 Å². The molecule has 9 heavy (non-hydrogen) atoms. The van der Waals surface area contributed by atoms with Crippen LogP contribution in [0.3, 0.4) is 0 Å². The quantitative estimate of drug-likeness (QED) is 0.468. The fourth-order valence-electron chi connectivity index (χ4n) is 1.85. The summed E-state index contributed by atoms with van der Waals surface area (Å²) in [7, 11) is 0. The minimum absolute atomic E-state index is 0.624.